The van der Waals surface area contributed by atoms with Crippen molar-refractivity contribution in [1.29, 1.82) is 0 Å². The molecule has 0 spiro atoms. The molecule has 0 unspecified atom stereocenters. The third-order valence-electron chi connectivity index (χ3n) is 4.45. The van der Waals surface area contributed by atoms with E-state index in [1.54, 1.807) is 0 Å². The summed E-state index contributed by atoms with van der Waals surface area (Å²) in [4.78, 5) is 13.3. The largest absolute Gasteiger partial charge is 0.487 e. The maximum atomic E-state index is 13.8. The van der Waals surface area contributed by atoms with E-state index in [1.165, 1.54) is 44.5 Å². The summed E-state index contributed by atoms with van der Waals surface area (Å²) >= 11 is 0. The van der Waals surface area contributed by atoms with Gasteiger partial charge in [-0.2, -0.15) is 0 Å². The predicted molar refractivity (Wildman–Crippen MR) is 76.2 cm³/mol. The third-order valence-corrected chi connectivity index (χ3v) is 4.45. The normalized spacial score (nSPS) is 26.1. The summed E-state index contributed by atoms with van der Waals surface area (Å²) in [6.45, 7) is 2.33. The van der Waals surface area contributed by atoms with E-state index in [1.807, 2.05) is 0 Å². The first kappa shape index (κ1) is 14.3. The number of nitrogens with zero attached hydrogens (tertiary/aromatic N) is 1. The van der Waals surface area contributed by atoms with Gasteiger partial charge in [0.2, 0.25) is 0 Å². The van der Waals surface area contributed by atoms with E-state index in [4.69, 9.17) is 9.84 Å². The zero-order valence-electron chi connectivity index (χ0n) is 11.9. The summed E-state index contributed by atoms with van der Waals surface area (Å²) in [5, 5.41) is 8.81. The number of ether oxygens (including phenoxy) is 1. The fourth-order valence-corrected chi connectivity index (χ4v) is 3.12. The van der Waals surface area contributed by atoms with E-state index in [0.29, 0.717) is 6.04 Å². The average molecular weight is 293 g/mol. The molecule has 1 N–H and O–H groups in total. The molecule has 0 bridgehead atoms. The van der Waals surface area contributed by atoms with Gasteiger partial charge in [0, 0.05) is 18.9 Å². The van der Waals surface area contributed by atoms with E-state index in [-0.39, 0.29) is 17.4 Å². The first-order chi connectivity index (χ1) is 10.1. The van der Waals surface area contributed by atoms with E-state index in [0.717, 1.165) is 18.9 Å². The van der Waals surface area contributed by atoms with Gasteiger partial charge in [-0.05, 0) is 44.1 Å². The second-order valence-electron chi connectivity index (χ2n) is 5.91. The van der Waals surface area contributed by atoms with Crippen LogP contribution in [0.15, 0.2) is 18.2 Å². The zero-order valence-corrected chi connectivity index (χ0v) is 11.9. The first-order valence-corrected chi connectivity index (χ1v) is 7.57. The minimum Gasteiger partial charge on any atom is -0.487 e. The fourth-order valence-electron chi connectivity index (χ4n) is 3.12. The van der Waals surface area contributed by atoms with Gasteiger partial charge in [-0.3, -0.25) is 0 Å². The number of carbonyl (C=O) groups is 1. The van der Waals surface area contributed by atoms with Crippen molar-refractivity contribution < 1.29 is 19.0 Å². The molecule has 0 aromatic heterocycles. The van der Waals surface area contributed by atoms with Crippen molar-refractivity contribution in [2.45, 2.75) is 44.2 Å². The van der Waals surface area contributed by atoms with Crippen molar-refractivity contribution in [1.82, 2.24) is 4.90 Å². The lowest BCUT2D eigenvalue weighted by molar-refractivity contribution is 0.00713. The Morgan fingerprint density at radius 3 is 2.57 bits per heavy atom. The Labute approximate surface area is 123 Å². The second kappa shape index (κ2) is 6.02. The van der Waals surface area contributed by atoms with E-state index in [2.05, 4.69) is 4.90 Å². The number of hydrogen-bond donors (Lipinski definition) is 1. The SMILES string of the molecule is O=C(O)c1ccc(OC2CC(N3CCCCC3)C2)c(F)c1. The summed E-state index contributed by atoms with van der Waals surface area (Å²) in [5.41, 5.74) is -0.0559. The van der Waals surface area contributed by atoms with Crippen molar-refractivity contribution in [3.8, 4) is 5.75 Å². The molecular weight excluding hydrogens is 273 g/mol. The number of carboxylic acid groups (broad SMARTS) is 1. The maximum absolute atomic E-state index is 13.8. The summed E-state index contributed by atoms with van der Waals surface area (Å²) in [7, 11) is 0. The lowest BCUT2D eigenvalue weighted by Gasteiger charge is -2.44. The van der Waals surface area contributed by atoms with Crippen LogP contribution in [0, 0.1) is 5.82 Å². The van der Waals surface area contributed by atoms with Crippen molar-refractivity contribution in [3.63, 3.8) is 0 Å². The van der Waals surface area contributed by atoms with Crippen LogP contribution in [0.25, 0.3) is 0 Å². The Kier molecular flexibility index (Phi) is 4.10. The second-order valence-corrected chi connectivity index (χ2v) is 5.91. The summed E-state index contributed by atoms with van der Waals surface area (Å²) in [6, 6.07) is 4.36. The van der Waals surface area contributed by atoms with Gasteiger partial charge in [-0.1, -0.05) is 6.42 Å². The maximum Gasteiger partial charge on any atom is 0.335 e. The predicted octanol–water partition coefficient (Wildman–Crippen LogP) is 2.92. The molecule has 1 aromatic rings. The molecular formula is C16H20FNO3. The molecule has 5 heteroatoms. The molecule has 1 heterocycles. The summed E-state index contributed by atoms with van der Waals surface area (Å²) < 4.78 is 19.4. The highest BCUT2D eigenvalue weighted by Crippen LogP contribution is 2.32. The van der Waals surface area contributed by atoms with Crippen LogP contribution in [0.1, 0.15) is 42.5 Å². The van der Waals surface area contributed by atoms with Crippen LogP contribution in [0.4, 0.5) is 4.39 Å². The lowest BCUT2D eigenvalue weighted by atomic mass is 9.86. The summed E-state index contributed by atoms with van der Waals surface area (Å²) in [5.74, 6) is -1.58. The molecule has 2 aliphatic rings. The lowest BCUT2D eigenvalue weighted by Crippen LogP contribution is -2.50. The van der Waals surface area contributed by atoms with Gasteiger partial charge in [0.1, 0.15) is 6.10 Å². The van der Waals surface area contributed by atoms with E-state index < -0.39 is 11.8 Å². The highest BCUT2D eigenvalue weighted by molar-refractivity contribution is 5.87. The highest BCUT2D eigenvalue weighted by atomic mass is 19.1. The van der Waals surface area contributed by atoms with Crippen LogP contribution in [0.2, 0.25) is 0 Å². The van der Waals surface area contributed by atoms with Crippen molar-refractivity contribution >= 4 is 5.97 Å². The Bertz CT molecular complexity index is 522. The molecule has 4 nitrogen and oxygen atoms in total. The minimum absolute atomic E-state index is 0.0436. The van der Waals surface area contributed by atoms with Gasteiger partial charge in [-0.25, -0.2) is 9.18 Å². The zero-order chi connectivity index (χ0) is 14.8. The van der Waals surface area contributed by atoms with Gasteiger partial charge in [0.05, 0.1) is 5.56 Å². The highest BCUT2D eigenvalue weighted by Gasteiger charge is 2.35. The number of piperidine rings is 1. The number of benzene rings is 1. The van der Waals surface area contributed by atoms with Crippen molar-refractivity contribution in [2.24, 2.45) is 0 Å². The van der Waals surface area contributed by atoms with Gasteiger partial charge in [0.25, 0.3) is 0 Å². The topological polar surface area (TPSA) is 49.8 Å². The Balaban J connectivity index is 1.53. The monoisotopic (exact) mass is 293 g/mol. The number of carboxylic acids is 1. The molecule has 0 amide bonds. The van der Waals surface area contributed by atoms with Crippen LogP contribution in [-0.4, -0.2) is 41.2 Å². The average Bonchev–Trinajstić information content (AvgIpc) is 2.44. The molecule has 2 fully saturated rings. The molecule has 1 aliphatic carbocycles. The molecule has 0 atom stereocenters. The number of rotatable bonds is 4. The molecule has 1 saturated heterocycles. The van der Waals surface area contributed by atoms with Crippen LogP contribution in [-0.2, 0) is 0 Å². The Morgan fingerprint density at radius 2 is 1.95 bits per heavy atom. The molecule has 1 saturated carbocycles. The number of likely N-dealkylation sites (tertiary alicyclic amines) is 1. The molecule has 1 aromatic carbocycles. The standard InChI is InChI=1S/C16H20FNO3/c17-14-8-11(16(19)20)4-5-15(14)21-13-9-12(10-13)18-6-2-1-3-7-18/h4-5,8,12-13H,1-3,6-7,9-10H2,(H,19,20). The quantitative estimate of drug-likeness (QED) is 0.927. The number of hydrogen-bond acceptors (Lipinski definition) is 3. The Hall–Kier alpha value is -1.62. The van der Waals surface area contributed by atoms with Gasteiger partial charge in [0.15, 0.2) is 11.6 Å². The molecule has 1 aliphatic heterocycles. The molecule has 21 heavy (non-hydrogen) atoms. The van der Waals surface area contributed by atoms with Gasteiger partial charge in [-0.15, -0.1) is 0 Å². The smallest absolute Gasteiger partial charge is 0.335 e. The molecule has 3 rings (SSSR count). The van der Waals surface area contributed by atoms with E-state index in [9.17, 15) is 9.18 Å². The summed E-state index contributed by atoms with van der Waals surface area (Å²) in [6.07, 6.45) is 5.77. The van der Waals surface area contributed by atoms with Gasteiger partial charge < -0.3 is 14.7 Å². The number of aromatic carboxylic acids is 1. The fraction of sp³-hybridized carbons (Fsp3) is 0.562. The van der Waals surface area contributed by atoms with E-state index >= 15 is 0 Å². The van der Waals surface area contributed by atoms with Crippen LogP contribution < -0.4 is 4.74 Å². The first-order valence-electron chi connectivity index (χ1n) is 7.57. The van der Waals surface area contributed by atoms with Crippen LogP contribution in [0.3, 0.4) is 0 Å². The number of halogens is 1. The van der Waals surface area contributed by atoms with Crippen LogP contribution >= 0.6 is 0 Å². The van der Waals surface area contributed by atoms with Crippen molar-refractivity contribution in [3.05, 3.63) is 29.6 Å². The third kappa shape index (κ3) is 3.18. The minimum atomic E-state index is -1.13. The Morgan fingerprint density at radius 1 is 1.24 bits per heavy atom. The van der Waals surface area contributed by atoms with Gasteiger partial charge >= 0.3 is 5.97 Å². The molecule has 114 valence electrons. The van der Waals surface area contributed by atoms with Crippen LogP contribution in [0.5, 0.6) is 5.75 Å². The van der Waals surface area contributed by atoms with Crippen molar-refractivity contribution in [2.75, 3.05) is 13.1 Å². The molecule has 0 radical (unpaired) electrons.